The molecule has 2 saturated heterocycles. The molecule has 0 amide bonds. The van der Waals surface area contributed by atoms with E-state index in [-0.39, 0.29) is 5.92 Å². The number of carboxylic acid groups (broad SMARTS) is 1. The Morgan fingerprint density at radius 2 is 2.05 bits per heavy atom. The Labute approximate surface area is 235 Å². The SMILES string of the molecule is Cc1cc(COc2c(C)cccc2-c2cccc(N3CC4C[C@]4(C(=O)O)C3)n2)cc2c1CN(C1CCOC1)CC2. The van der Waals surface area contributed by atoms with Gasteiger partial charge in [0.1, 0.15) is 18.2 Å². The smallest absolute Gasteiger partial charge is 0.311 e. The monoisotopic (exact) mass is 539 g/mol. The Kier molecular flexibility index (Phi) is 6.32. The molecular weight excluding hydrogens is 502 g/mol. The van der Waals surface area contributed by atoms with Crippen molar-refractivity contribution in [2.45, 2.75) is 52.3 Å². The number of anilines is 1. The quantitative estimate of drug-likeness (QED) is 0.453. The Morgan fingerprint density at radius 3 is 2.85 bits per heavy atom. The molecule has 1 N–H and O–H groups in total. The summed E-state index contributed by atoms with van der Waals surface area (Å²) in [6, 6.07) is 17.4. The van der Waals surface area contributed by atoms with Crippen LogP contribution in [0.15, 0.2) is 48.5 Å². The number of hydrogen-bond acceptors (Lipinski definition) is 6. The summed E-state index contributed by atoms with van der Waals surface area (Å²) in [6.07, 6.45) is 2.98. The zero-order valence-electron chi connectivity index (χ0n) is 23.4. The van der Waals surface area contributed by atoms with Crippen molar-refractivity contribution < 1.29 is 19.4 Å². The highest BCUT2D eigenvalue weighted by atomic mass is 16.5. The van der Waals surface area contributed by atoms with Crippen LogP contribution in [0.4, 0.5) is 5.82 Å². The maximum Gasteiger partial charge on any atom is 0.311 e. The summed E-state index contributed by atoms with van der Waals surface area (Å²) in [5.41, 5.74) is 7.73. The van der Waals surface area contributed by atoms with E-state index in [9.17, 15) is 9.90 Å². The predicted octanol–water partition coefficient (Wildman–Crippen LogP) is 5.00. The van der Waals surface area contributed by atoms with Gasteiger partial charge < -0.3 is 19.5 Å². The maximum absolute atomic E-state index is 11.8. The number of fused-ring (bicyclic) bond motifs is 2. The van der Waals surface area contributed by atoms with Crippen LogP contribution in [-0.2, 0) is 29.1 Å². The first-order chi connectivity index (χ1) is 19.4. The number of carbonyl (C=O) groups is 1. The zero-order valence-corrected chi connectivity index (χ0v) is 23.4. The number of rotatable bonds is 7. The highest BCUT2D eigenvalue weighted by Gasteiger charge is 2.65. The van der Waals surface area contributed by atoms with Crippen molar-refractivity contribution in [3.63, 3.8) is 0 Å². The molecule has 1 saturated carbocycles. The van der Waals surface area contributed by atoms with Crippen LogP contribution in [0.3, 0.4) is 0 Å². The second-order valence-corrected chi connectivity index (χ2v) is 12.2. The molecule has 3 atom stereocenters. The van der Waals surface area contributed by atoms with Gasteiger partial charge in [0.15, 0.2) is 0 Å². The van der Waals surface area contributed by atoms with Gasteiger partial charge in [-0.2, -0.15) is 0 Å². The molecule has 7 rings (SSSR count). The van der Waals surface area contributed by atoms with E-state index < -0.39 is 11.4 Å². The van der Waals surface area contributed by atoms with Gasteiger partial charge in [0.05, 0.1) is 17.7 Å². The average molecular weight is 540 g/mol. The maximum atomic E-state index is 11.8. The summed E-state index contributed by atoms with van der Waals surface area (Å²) in [4.78, 5) is 21.5. The molecule has 208 valence electrons. The lowest BCUT2D eigenvalue weighted by atomic mass is 9.92. The van der Waals surface area contributed by atoms with E-state index in [1.54, 1.807) is 0 Å². The van der Waals surface area contributed by atoms with Gasteiger partial charge in [0.2, 0.25) is 0 Å². The molecule has 4 heterocycles. The lowest BCUT2D eigenvalue weighted by molar-refractivity contribution is -0.143. The summed E-state index contributed by atoms with van der Waals surface area (Å²) >= 11 is 0. The first-order valence-corrected chi connectivity index (χ1v) is 14.5. The molecular formula is C33H37N3O4. The van der Waals surface area contributed by atoms with Crippen LogP contribution in [0.1, 0.15) is 40.7 Å². The number of aryl methyl sites for hydroxylation is 2. The lowest BCUT2D eigenvalue weighted by Gasteiger charge is -2.34. The highest BCUT2D eigenvalue weighted by molar-refractivity contribution is 5.81. The molecule has 7 nitrogen and oxygen atoms in total. The molecule has 2 unspecified atom stereocenters. The summed E-state index contributed by atoms with van der Waals surface area (Å²) < 4.78 is 12.2. The first-order valence-electron chi connectivity index (χ1n) is 14.5. The van der Waals surface area contributed by atoms with Crippen LogP contribution < -0.4 is 9.64 Å². The number of benzene rings is 2. The molecule has 3 aliphatic heterocycles. The number of piperidine rings is 1. The van der Waals surface area contributed by atoms with Gasteiger partial charge >= 0.3 is 5.97 Å². The van der Waals surface area contributed by atoms with Crippen LogP contribution in [0.25, 0.3) is 11.3 Å². The molecule has 0 radical (unpaired) electrons. The number of carboxylic acids is 1. The van der Waals surface area contributed by atoms with Crippen LogP contribution in [0.2, 0.25) is 0 Å². The molecule has 0 spiro atoms. The van der Waals surface area contributed by atoms with E-state index in [1.165, 1.54) is 22.3 Å². The third-order valence-corrected chi connectivity index (χ3v) is 9.58. The summed E-state index contributed by atoms with van der Waals surface area (Å²) in [5.74, 6) is 1.24. The molecule has 1 aliphatic carbocycles. The summed E-state index contributed by atoms with van der Waals surface area (Å²) in [5, 5.41) is 9.70. The van der Waals surface area contributed by atoms with Crippen molar-refractivity contribution in [1.82, 2.24) is 9.88 Å². The van der Waals surface area contributed by atoms with Crippen molar-refractivity contribution in [2.75, 3.05) is 37.7 Å². The molecule has 40 heavy (non-hydrogen) atoms. The third-order valence-electron chi connectivity index (χ3n) is 9.58. The lowest BCUT2D eigenvalue weighted by Crippen LogP contribution is -2.39. The predicted molar refractivity (Wildman–Crippen MR) is 154 cm³/mol. The second-order valence-electron chi connectivity index (χ2n) is 12.2. The van der Waals surface area contributed by atoms with Gasteiger partial charge in [-0.3, -0.25) is 9.69 Å². The number of hydrogen-bond donors (Lipinski definition) is 1. The summed E-state index contributed by atoms with van der Waals surface area (Å²) in [7, 11) is 0. The molecule has 4 aliphatic rings. The minimum absolute atomic E-state index is 0.230. The molecule has 0 bridgehead atoms. The van der Waals surface area contributed by atoms with Crippen molar-refractivity contribution in [1.29, 1.82) is 0 Å². The van der Waals surface area contributed by atoms with E-state index >= 15 is 0 Å². The molecule has 7 heteroatoms. The normalized spacial score (nSPS) is 25.5. The first kappa shape index (κ1) is 25.5. The fraction of sp³-hybridized carbons (Fsp3) is 0.455. The zero-order chi connectivity index (χ0) is 27.4. The van der Waals surface area contributed by atoms with E-state index in [0.29, 0.717) is 19.2 Å². The summed E-state index contributed by atoms with van der Waals surface area (Å²) in [6.45, 7) is 9.92. The number of pyridine rings is 1. The van der Waals surface area contributed by atoms with Gasteiger partial charge in [0, 0.05) is 44.4 Å². The Hall–Kier alpha value is -3.42. The number of aromatic nitrogens is 1. The molecule has 3 aromatic rings. The van der Waals surface area contributed by atoms with E-state index in [4.69, 9.17) is 14.5 Å². The van der Waals surface area contributed by atoms with Crippen molar-refractivity contribution in [3.05, 3.63) is 76.3 Å². The van der Waals surface area contributed by atoms with E-state index in [2.05, 4.69) is 47.9 Å². The van der Waals surface area contributed by atoms with Gasteiger partial charge in [-0.15, -0.1) is 0 Å². The van der Waals surface area contributed by atoms with Crippen molar-refractivity contribution in [3.8, 4) is 17.0 Å². The number of para-hydroxylation sites is 1. The molecule has 3 fully saturated rings. The van der Waals surface area contributed by atoms with Crippen molar-refractivity contribution in [2.24, 2.45) is 11.3 Å². The standard InChI is InChI=1S/C33H37N3O4/c1-21-5-3-6-27(29-7-4-8-30(34-29)36-16-25-15-33(25,20-36)32(37)38)31(21)40-18-23-13-22(2)28-17-35(11-9-24(28)14-23)26-10-12-39-19-26/h3-8,13-14,25-26H,9-12,15-20H2,1-2H3,(H,37,38)/t25?,26?,33-/m0/s1. The fourth-order valence-electron chi connectivity index (χ4n) is 7.11. The Bertz CT molecular complexity index is 1470. The van der Waals surface area contributed by atoms with Gasteiger partial charge in [-0.05, 0) is 85.0 Å². The minimum Gasteiger partial charge on any atom is -0.488 e. The number of aliphatic carboxylic acids is 1. The Balaban J connectivity index is 1.10. The van der Waals surface area contributed by atoms with Crippen molar-refractivity contribution >= 4 is 11.8 Å². The molecule has 2 aromatic carbocycles. The largest absolute Gasteiger partial charge is 0.488 e. The third kappa shape index (κ3) is 4.45. The van der Waals surface area contributed by atoms with Gasteiger partial charge in [0.25, 0.3) is 0 Å². The minimum atomic E-state index is -0.677. The molecule has 1 aromatic heterocycles. The highest BCUT2D eigenvalue weighted by Crippen LogP contribution is 2.58. The van der Waals surface area contributed by atoms with Gasteiger partial charge in [-0.1, -0.05) is 30.3 Å². The topological polar surface area (TPSA) is 75.1 Å². The van der Waals surface area contributed by atoms with Crippen LogP contribution in [0.5, 0.6) is 5.75 Å². The Morgan fingerprint density at radius 1 is 1.18 bits per heavy atom. The van der Waals surface area contributed by atoms with Gasteiger partial charge in [-0.25, -0.2) is 4.98 Å². The van der Waals surface area contributed by atoms with Crippen LogP contribution in [0, 0.1) is 25.2 Å². The van der Waals surface area contributed by atoms with E-state index in [1.807, 2.05) is 24.3 Å². The average Bonchev–Trinajstić information content (AvgIpc) is 3.29. The van der Waals surface area contributed by atoms with Crippen LogP contribution in [-0.4, -0.2) is 59.8 Å². The second kappa shape index (κ2) is 9.89. The fourth-order valence-corrected chi connectivity index (χ4v) is 7.11. The number of nitrogens with zero attached hydrogens (tertiary/aromatic N) is 3. The number of ether oxygens (including phenoxy) is 2. The van der Waals surface area contributed by atoms with Crippen LogP contribution >= 0.6 is 0 Å². The van der Waals surface area contributed by atoms with E-state index in [0.717, 1.165) is 80.5 Å².